The first-order valence-corrected chi connectivity index (χ1v) is 8.63. The van der Waals surface area contributed by atoms with E-state index in [-0.39, 0.29) is 16.0 Å². The molecule has 2 rings (SSSR count). The monoisotopic (exact) mass is 364 g/mol. The van der Waals surface area contributed by atoms with Crippen LogP contribution in [0.4, 0.5) is 14.7 Å². The van der Waals surface area contributed by atoms with Gasteiger partial charge >= 0.3 is 12.1 Å². The molecule has 128 valence electrons. The zero-order valence-electron chi connectivity index (χ0n) is 12.9. The summed E-state index contributed by atoms with van der Waals surface area (Å²) in [7, 11) is 1.89. The fourth-order valence-electron chi connectivity index (χ4n) is 1.74. The van der Waals surface area contributed by atoms with E-state index in [1.165, 1.54) is 33.1 Å². The number of carbonyl (C=O) groups is 2. The SMILES string of the molecule is CNC(=O)OC1CN(C)C(=O)N1c1nnc(S(=O)(=O)N(C)C)s1. The summed E-state index contributed by atoms with van der Waals surface area (Å²) in [5.74, 6) is 0. The summed E-state index contributed by atoms with van der Waals surface area (Å²) in [5.41, 5.74) is 0. The molecule has 1 aromatic rings. The van der Waals surface area contributed by atoms with Crippen molar-refractivity contribution < 1.29 is 22.7 Å². The smallest absolute Gasteiger partial charge is 0.408 e. The number of alkyl carbamates (subject to hydrolysis) is 1. The van der Waals surface area contributed by atoms with Gasteiger partial charge in [0.2, 0.25) is 15.7 Å². The van der Waals surface area contributed by atoms with Gasteiger partial charge in [-0.1, -0.05) is 11.3 Å². The second kappa shape index (κ2) is 6.25. The Morgan fingerprint density at radius 2 is 2.09 bits per heavy atom. The van der Waals surface area contributed by atoms with E-state index in [4.69, 9.17) is 4.74 Å². The quantitative estimate of drug-likeness (QED) is 0.703. The third-order valence-corrected chi connectivity index (χ3v) is 6.08. The Balaban J connectivity index is 2.33. The number of sulfonamides is 1. The molecule has 23 heavy (non-hydrogen) atoms. The van der Waals surface area contributed by atoms with Gasteiger partial charge in [-0.3, -0.25) is 0 Å². The second-order valence-corrected chi connectivity index (χ2v) is 8.06. The van der Waals surface area contributed by atoms with Crippen molar-refractivity contribution in [2.24, 2.45) is 0 Å². The maximum Gasteiger partial charge on any atom is 0.408 e. The molecule has 1 aliphatic heterocycles. The van der Waals surface area contributed by atoms with Crippen LogP contribution >= 0.6 is 11.3 Å². The summed E-state index contributed by atoms with van der Waals surface area (Å²) in [6.07, 6.45) is -1.64. The Bertz CT molecular complexity index is 717. The number of carbonyl (C=O) groups excluding carboxylic acids is 2. The number of nitrogens with zero attached hydrogens (tertiary/aromatic N) is 5. The lowest BCUT2D eigenvalue weighted by molar-refractivity contribution is 0.105. The van der Waals surface area contributed by atoms with Gasteiger partial charge < -0.3 is 15.0 Å². The molecule has 1 atom stereocenters. The molecule has 0 aromatic carbocycles. The van der Waals surface area contributed by atoms with Crippen molar-refractivity contribution >= 4 is 38.6 Å². The maximum atomic E-state index is 12.2. The van der Waals surface area contributed by atoms with Crippen molar-refractivity contribution in [1.82, 2.24) is 24.7 Å². The Labute approximate surface area is 136 Å². The number of amides is 3. The van der Waals surface area contributed by atoms with Crippen LogP contribution in [0.2, 0.25) is 0 Å². The van der Waals surface area contributed by atoms with E-state index in [1.807, 2.05) is 0 Å². The minimum atomic E-state index is -3.76. The largest absolute Gasteiger partial charge is 0.423 e. The molecule has 1 fully saturated rings. The van der Waals surface area contributed by atoms with E-state index in [9.17, 15) is 18.0 Å². The lowest BCUT2D eigenvalue weighted by atomic mass is 10.5. The standard InChI is InChI=1S/C10H16N6O5S2/c1-11-8(17)21-6-5-15(4)10(18)16(6)7-12-13-9(22-7)23(19,20)14(2)3/h6H,5H2,1-4H3,(H,11,17). The number of hydrogen-bond donors (Lipinski definition) is 1. The number of rotatable bonds is 4. The lowest BCUT2D eigenvalue weighted by Crippen LogP contribution is -2.39. The first kappa shape index (κ1) is 17.4. The number of likely N-dealkylation sites (N-methyl/N-ethyl adjacent to an activating group) is 1. The highest BCUT2D eigenvalue weighted by molar-refractivity contribution is 7.91. The molecule has 2 heterocycles. The fourth-order valence-corrected chi connectivity index (χ4v) is 3.90. The molecule has 0 saturated carbocycles. The average molecular weight is 364 g/mol. The molecule has 0 spiro atoms. The maximum absolute atomic E-state index is 12.2. The molecule has 0 aliphatic carbocycles. The molecule has 1 aromatic heterocycles. The zero-order valence-corrected chi connectivity index (χ0v) is 14.5. The second-order valence-electron chi connectivity index (χ2n) is 4.78. The summed E-state index contributed by atoms with van der Waals surface area (Å²) in [4.78, 5) is 26.0. The van der Waals surface area contributed by atoms with Gasteiger partial charge in [-0.25, -0.2) is 27.2 Å². The van der Waals surface area contributed by atoms with Gasteiger partial charge in [0.25, 0.3) is 10.0 Å². The number of ether oxygens (including phenoxy) is 1. The van der Waals surface area contributed by atoms with Crippen LogP contribution in [0, 0.1) is 0 Å². The highest BCUT2D eigenvalue weighted by Crippen LogP contribution is 2.30. The number of urea groups is 1. The predicted molar refractivity (Wildman–Crippen MR) is 80.6 cm³/mol. The summed E-state index contributed by atoms with van der Waals surface area (Å²) in [5, 5.41) is 9.68. The van der Waals surface area contributed by atoms with Crippen molar-refractivity contribution in [1.29, 1.82) is 0 Å². The molecule has 1 unspecified atom stereocenters. The fraction of sp³-hybridized carbons (Fsp3) is 0.600. The Hall–Kier alpha value is -1.99. The van der Waals surface area contributed by atoms with E-state index in [0.29, 0.717) is 0 Å². The van der Waals surface area contributed by atoms with Gasteiger partial charge in [-0.05, 0) is 0 Å². The van der Waals surface area contributed by atoms with E-state index in [2.05, 4.69) is 15.5 Å². The number of nitrogens with one attached hydrogen (secondary N) is 1. The van der Waals surface area contributed by atoms with Crippen molar-refractivity contribution in [3.8, 4) is 0 Å². The van der Waals surface area contributed by atoms with Gasteiger partial charge in [0.15, 0.2) is 0 Å². The lowest BCUT2D eigenvalue weighted by Gasteiger charge is -2.19. The van der Waals surface area contributed by atoms with Crippen molar-refractivity contribution in [2.75, 3.05) is 39.6 Å². The van der Waals surface area contributed by atoms with Crippen LogP contribution < -0.4 is 10.2 Å². The predicted octanol–water partition coefficient (Wildman–Crippen LogP) is -0.658. The topological polar surface area (TPSA) is 125 Å². The van der Waals surface area contributed by atoms with Gasteiger partial charge in [-0.2, -0.15) is 0 Å². The van der Waals surface area contributed by atoms with Crippen molar-refractivity contribution in [3.05, 3.63) is 0 Å². The molecule has 1 aliphatic rings. The minimum Gasteiger partial charge on any atom is -0.423 e. The molecular weight excluding hydrogens is 348 g/mol. The minimum absolute atomic E-state index is 0.0358. The Kier molecular flexibility index (Phi) is 4.72. The molecule has 1 N–H and O–H groups in total. The van der Waals surface area contributed by atoms with E-state index >= 15 is 0 Å². The first-order chi connectivity index (χ1) is 10.7. The van der Waals surface area contributed by atoms with Crippen LogP contribution in [-0.4, -0.2) is 80.9 Å². The summed E-state index contributed by atoms with van der Waals surface area (Å²) >= 11 is 0.725. The van der Waals surface area contributed by atoms with Gasteiger partial charge in [-0.15, -0.1) is 10.2 Å². The average Bonchev–Trinajstić information content (AvgIpc) is 3.05. The molecule has 1 saturated heterocycles. The van der Waals surface area contributed by atoms with E-state index in [0.717, 1.165) is 20.5 Å². The molecular formula is C10H16N6O5S2. The van der Waals surface area contributed by atoms with Crippen molar-refractivity contribution in [3.63, 3.8) is 0 Å². The van der Waals surface area contributed by atoms with Crippen LogP contribution in [0.5, 0.6) is 0 Å². The number of anilines is 1. The Morgan fingerprint density at radius 1 is 1.43 bits per heavy atom. The Morgan fingerprint density at radius 3 is 2.65 bits per heavy atom. The number of hydrogen-bond acceptors (Lipinski definition) is 8. The summed E-state index contributed by atoms with van der Waals surface area (Å²) in [6, 6.07) is -0.469. The highest BCUT2D eigenvalue weighted by atomic mass is 32.2. The molecule has 0 bridgehead atoms. The third kappa shape index (κ3) is 3.20. The molecule has 13 heteroatoms. The molecule has 0 radical (unpaired) electrons. The van der Waals surface area contributed by atoms with Gasteiger partial charge in [0.05, 0.1) is 6.54 Å². The van der Waals surface area contributed by atoms with E-state index in [1.54, 1.807) is 0 Å². The van der Waals surface area contributed by atoms with Crippen LogP contribution in [0.15, 0.2) is 4.34 Å². The van der Waals surface area contributed by atoms with Crippen LogP contribution in [0.25, 0.3) is 0 Å². The molecule has 11 nitrogen and oxygen atoms in total. The van der Waals surface area contributed by atoms with E-state index < -0.39 is 28.4 Å². The van der Waals surface area contributed by atoms with Crippen molar-refractivity contribution in [2.45, 2.75) is 10.6 Å². The van der Waals surface area contributed by atoms with Crippen LogP contribution in [0.1, 0.15) is 0 Å². The first-order valence-electron chi connectivity index (χ1n) is 6.37. The normalized spacial score (nSPS) is 18.7. The van der Waals surface area contributed by atoms with Gasteiger partial charge in [0.1, 0.15) is 0 Å². The number of aromatic nitrogens is 2. The highest BCUT2D eigenvalue weighted by Gasteiger charge is 2.41. The van der Waals surface area contributed by atoms with Gasteiger partial charge in [0, 0.05) is 28.2 Å². The van der Waals surface area contributed by atoms with Crippen LogP contribution in [-0.2, 0) is 14.8 Å². The zero-order chi connectivity index (χ0) is 17.4. The summed E-state index contributed by atoms with van der Waals surface area (Å²) in [6.45, 7) is 0.127. The third-order valence-electron chi connectivity index (χ3n) is 3.00. The molecule has 3 amide bonds. The summed E-state index contributed by atoms with van der Waals surface area (Å²) < 4.78 is 29.9. The van der Waals surface area contributed by atoms with Crippen LogP contribution in [0.3, 0.4) is 0 Å².